The maximum atomic E-state index is 14.6. The lowest BCUT2D eigenvalue weighted by atomic mass is 10.0. The van der Waals surface area contributed by atoms with Crippen molar-refractivity contribution < 1.29 is 18.0 Å². The molecule has 0 radical (unpaired) electrons. The van der Waals surface area contributed by atoms with Gasteiger partial charge in [-0.15, -0.1) is 0 Å². The van der Waals surface area contributed by atoms with E-state index in [1.807, 2.05) is 58.0 Å². The first-order chi connectivity index (χ1) is 21.7. The number of rotatable bonds is 11. The predicted octanol–water partition coefficient (Wildman–Crippen LogP) is 7.36. The number of hydrogen-bond donors (Lipinski definition) is 1. The highest BCUT2D eigenvalue weighted by atomic mass is 35.5. The molecule has 0 aromatic heterocycles. The molecule has 0 bridgehead atoms. The lowest BCUT2D eigenvalue weighted by Crippen LogP contribution is -2.56. The SMILES string of the molecule is Cc1ccc(S(=O)(=O)N(CC(=O)N(Cc2ccccc2Cl)C(Cc2ccccc2)C(=O)NC(C)(C)C)c2cccc(Cl)c2C)cc1. The van der Waals surface area contributed by atoms with Crippen LogP contribution >= 0.6 is 23.2 Å². The molecular weight excluding hydrogens is 641 g/mol. The molecule has 4 aromatic rings. The summed E-state index contributed by atoms with van der Waals surface area (Å²) in [6.45, 7) is 8.54. The van der Waals surface area contributed by atoms with Gasteiger partial charge in [0.15, 0.2) is 0 Å². The van der Waals surface area contributed by atoms with Crippen molar-refractivity contribution in [3.05, 3.63) is 129 Å². The third-order valence-corrected chi connectivity index (χ3v) is 10.0. The molecule has 0 aliphatic rings. The number of benzene rings is 4. The van der Waals surface area contributed by atoms with Crippen molar-refractivity contribution in [3.63, 3.8) is 0 Å². The minimum atomic E-state index is -4.25. The smallest absolute Gasteiger partial charge is 0.264 e. The monoisotopic (exact) mass is 679 g/mol. The molecule has 10 heteroatoms. The summed E-state index contributed by atoms with van der Waals surface area (Å²) in [4.78, 5) is 30.1. The third-order valence-electron chi connectivity index (χ3n) is 7.46. The van der Waals surface area contributed by atoms with Gasteiger partial charge in [0.25, 0.3) is 10.0 Å². The molecule has 0 saturated heterocycles. The molecule has 0 fully saturated rings. The second kappa shape index (κ2) is 14.7. The molecule has 4 rings (SSSR count). The summed E-state index contributed by atoms with van der Waals surface area (Å²) in [6, 6.07) is 26.8. The van der Waals surface area contributed by atoms with E-state index in [1.54, 1.807) is 61.5 Å². The number of aryl methyl sites for hydroxylation is 1. The summed E-state index contributed by atoms with van der Waals surface area (Å²) < 4.78 is 29.6. The van der Waals surface area contributed by atoms with Gasteiger partial charge in [-0.05, 0) is 81.6 Å². The number of amides is 2. The van der Waals surface area contributed by atoms with Gasteiger partial charge in [0.05, 0.1) is 10.6 Å². The summed E-state index contributed by atoms with van der Waals surface area (Å²) in [5, 5.41) is 3.80. The van der Waals surface area contributed by atoms with Gasteiger partial charge < -0.3 is 10.2 Å². The number of nitrogens with zero attached hydrogens (tertiary/aromatic N) is 2. The molecule has 4 aromatic carbocycles. The molecule has 0 heterocycles. The van der Waals surface area contributed by atoms with E-state index in [0.717, 1.165) is 15.4 Å². The van der Waals surface area contributed by atoms with E-state index >= 15 is 0 Å². The standard InChI is InChI=1S/C36H39Cl2N3O4S/c1-25-18-20-29(21-19-25)46(44,45)41(32-17-11-16-30(37)26(32)2)24-34(42)40(23-28-14-9-10-15-31(28)38)33(35(43)39-36(3,4)5)22-27-12-7-6-8-13-27/h6-21,33H,22-24H2,1-5H3,(H,39,43). The number of halogens is 2. The number of hydrogen-bond acceptors (Lipinski definition) is 4. The Labute approximate surface area is 282 Å². The average molecular weight is 681 g/mol. The molecule has 0 aliphatic heterocycles. The highest BCUT2D eigenvalue weighted by Crippen LogP contribution is 2.32. The Morgan fingerprint density at radius 1 is 0.804 bits per heavy atom. The molecule has 0 aliphatic carbocycles. The minimum Gasteiger partial charge on any atom is -0.350 e. The van der Waals surface area contributed by atoms with Crippen LogP contribution in [0.3, 0.4) is 0 Å². The quantitative estimate of drug-likeness (QED) is 0.179. The fraction of sp³-hybridized carbons (Fsp3) is 0.278. The van der Waals surface area contributed by atoms with Crippen molar-refractivity contribution >= 4 is 50.7 Å². The van der Waals surface area contributed by atoms with E-state index < -0.39 is 34.1 Å². The molecule has 1 unspecified atom stereocenters. The first-order valence-corrected chi connectivity index (χ1v) is 17.1. The fourth-order valence-electron chi connectivity index (χ4n) is 5.03. The topological polar surface area (TPSA) is 86.8 Å². The number of carbonyl (C=O) groups is 2. The molecule has 46 heavy (non-hydrogen) atoms. The Kier molecular flexibility index (Phi) is 11.2. The largest absolute Gasteiger partial charge is 0.350 e. The van der Waals surface area contributed by atoms with Gasteiger partial charge in [0, 0.05) is 28.5 Å². The number of sulfonamides is 1. The Morgan fingerprint density at radius 3 is 2.04 bits per heavy atom. The third kappa shape index (κ3) is 8.69. The number of nitrogens with one attached hydrogen (secondary N) is 1. The van der Waals surface area contributed by atoms with Crippen molar-refractivity contribution in [1.29, 1.82) is 0 Å². The van der Waals surface area contributed by atoms with Crippen LogP contribution in [0.4, 0.5) is 5.69 Å². The van der Waals surface area contributed by atoms with Crippen LogP contribution in [-0.4, -0.2) is 43.3 Å². The van der Waals surface area contributed by atoms with Gasteiger partial charge in [-0.3, -0.25) is 13.9 Å². The molecular formula is C36H39Cl2N3O4S. The first-order valence-electron chi connectivity index (χ1n) is 14.9. The van der Waals surface area contributed by atoms with Crippen LogP contribution in [-0.2, 0) is 32.6 Å². The first kappa shape index (κ1) is 35.0. The van der Waals surface area contributed by atoms with E-state index in [-0.39, 0.29) is 29.5 Å². The van der Waals surface area contributed by atoms with Gasteiger partial charge in [0.1, 0.15) is 12.6 Å². The van der Waals surface area contributed by atoms with Crippen LogP contribution in [0.2, 0.25) is 10.0 Å². The second-order valence-corrected chi connectivity index (χ2v) is 14.9. The summed E-state index contributed by atoms with van der Waals surface area (Å²) in [7, 11) is -4.25. The lowest BCUT2D eigenvalue weighted by molar-refractivity contribution is -0.140. The minimum absolute atomic E-state index is 0.0224. The van der Waals surface area contributed by atoms with Gasteiger partial charge in [-0.2, -0.15) is 0 Å². The van der Waals surface area contributed by atoms with Crippen LogP contribution < -0.4 is 9.62 Å². The Balaban J connectivity index is 1.86. The van der Waals surface area contributed by atoms with Gasteiger partial charge in [-0.1, -0.05) is 95.5 Å². The van der Waals surface area contributed by atoms with Crippen LogP contribution in [0.15, 0.2) is 102 Å². The van der Waals surface area contributed by atoms with Crippen molar-refractivity contribution in [2.75, 3.05) is 10.8 Å². The van der Waals surface area contributed by atoms with Crippen LogP contribution in [0.25, 0.3) is 0 Å². The lowest BCUT2D eigenvalue weighted by Gasteiger charge is -2.35. The summed E-state index contributed by atoms with van der Waals surface area (Å²) in [5.74, 6) is -0.955. The maximum Gasteiger partial charge on any atom is 0.264 e. The Bertz CT molecular complexity index is 1790. The van der Waals surface area contributed by atoms with Crippen LogP contribution in [0.1, 0.15) is 43.0 Å². The summed E-state index contributed by atoms with van der Waals surface area (Å²) >= 11 is 13.0. The summed E-state index contributed by atoms with van der Waals surface area (Å²) in [5.41, 5.74) is 2.51. The second-order valence-electron chi connectivity index (χ2n) is 12.3. The Morgan fingerprint density at radius 2 is 1.41 bits per heavy atom. The average Bonchev–Trinajstić information content (AvgIpc) is 3.00. The van der Waals surface area contributed by atoms with Gasteiger partial charge in [0.2, 0.25) is 11.8 Å². The van der Waals surface area contributed by atoms with Gasteiger partial charge >= 0.3 is 0 Å². The molecule has 0 saturated carbocycles. The van der Waals surface area contributed by atoms with E-state index in [0.29, 0.717) is 21.2 Å². The van der Waals surface area contributed by atoms with E-state index in [1.165, 1.54) is 17.0 Å². The maximum absolute atomic E-state index is 14.6. The van der Waals surface area contributed by atoms with E-state index in [4.69, 9.17) is 23.2 Å². The molecule has 1 atom stereocenters. The zero-order valence-corrected chi connectivity index (χ0v) is 29.0. The van der Waals surface area contributed by atoms with Crippen molar-refractivity contribution in [1.82, 2.24) is 10.2 Å². The number of carbonyl (C=O) groups excluding carboxylic acids is 2. The van der Waals surface area contributed by atoms with Crippen molar-refractivity contribution in [2.45, 2.75) is 64.1 Å². The van der Waals surface area contributed by atoms with E-state index in [9.17, 15) is 18.0 Å². The molecule has 2 amide bonds. The Hall–Kier alpha value is -3.85. The zero-order valence-electron chi connectivity index (χ0n) is 26.6. The highest BCUT2D eigenvalue weighted by molar-refractivity contribution is 7.92. The van der Waals surface area contributed by atoms with Crippen LogP contribution in [0, 0.1) is 13.8 Å². The predicted molar refractivity (Wildman–Crippen MR) is 186 cm³/mol. The molecule has 0 spiro atoms. The van der Waals surface area contributed by atoms with Crippen molar-refractivity contribution in [2.24, 2.45) is 0 Å². The number of anilines is 1. The zero-order chi connectivity index (χ0) is 33.6. The fourth-order valence-corrected chi connectivity index (χ4v) is 6.87. The molecule has 242 valence electrons. The van der Waals surface area contributed by atoms with Gasteiger partial charge in [-0.25, -0.2) is 8.42 Å². The van der Waals surface area contributed by atoms with Crippen molar-refractivity contribution in [3.8, 4) is 0 Å². The normalized spacial score (nSPS) is 12.3. The van der Waals surface area contributed by atoms with Crippen LogP contribution in [0.5, 0.6) is 0 Å². The highest BCUT2D eigenvalue weighted by Gasteiger charge is 2.36. The van der Waals surface area contributed by atoms with E-state index in [2.05, 4.69) is 5.32 Å². The molecule has 1 N–H and O–H groups in total. The summed E-state index contributed by atoms with van der Waals surface area (Å²) in [6.07, 6.45) is 0.194. The molecule has 7 nitrogen and oxygen atoms in total.